The van der Waals surface area contributed by atoms with E-state index in [2.05, 4.69) is 41.6 Å². The Balaban J connectivity index is 2.62. The lowest BCUT2D eigenvalue weighted by molar-refractivity contribution is 0.659. The van der Waals surface area contributed by atoms with Gasteiger partial charge in [0.05, 0.1) is 11.0 Å². The third kappa shape index (κ3) is 1.94. The lowest BCUT2D eigenvalue weighted by atomic mass is 10.2. The maximum atomic E-state index is 5.82. The number of hydrogen-bond acceptors (Lipinski definition) is 1. The Hall–Kier alpha value is -1.02. The van der Waals surface area contributed by atoms with E-state index in [1.54, 1.807) is 0 Å². The minimum Gasteiger partial charge on any atom is -0.328 e. The second kappa shape index (κ2) is 4.88. The van der Waals surface area contributed by atoms with Crippen molar-refractivity contribution in [2.45, 2.75) is 33.2 Å². The van der Waals surface area contributed by atoms with Crippen LogP contribution in [0.2, 0.25) is 0 Å². The van der Waals surface area contributed by atoms with Crippen LogP contribution >= 0.6 is 11.6 Å². The lowest BCUT2D eigenvalue weighted by Gasteiger charge is -2.07. The molecular weight excluding hydrogens is 220 g/mol. The summed E-state index contributed by atoms with van der Waals surface area (Å²) < 4.78 is 2.31. The normalized spacial score (nSPS) is 11.2. The Labute approximate surface area is 101 Å². The molecule has 1 aromatic carbocycles. The molecule has 0 saturated heterocycles. The van der Waals surface area contributed by atoms with Gasteiger partial charge in [-0.2, -0.15) is 0 Å². The number of aryl methyl sites for hydroxylation is 3. The zero-order valence-corrected chi connectivity index (χ0v) is 10.6. The highest BCUT2D eigenvalue weighted by atomic mass is 35.5. The van der Waals surface area contributed by atoms with Gasteiger partial charge in [0.2, 0.25) is 0 Å². The largest absolute Gasteiger partial charge is 0.328 e. The molecule has 0 aliphatic carbocycles. The number of halogens is 1. The summed E-state index contributed by atoms with van der Waals surface area (Å²) in [6, 6.07) is 6.28. The molecular formula is C13H17ClN2. The predicted molar refractivity (Wildman–Crippen MR) is 69.2 cm³/mol. The van der Waals surface area contributed by atoms with Gasteiger partial charge in [-0.3, -0.25) is 0 Å². The molecule has 0 spiro atoms. The van der Waals surface area contributed by atoms with Gasteiger partial charge in [-0.1, -0.05) is 19.1 Å². The summed E-state index contributed by atoms with van der Waals surface area (Å²) in [5, 5.41) is 0. The molecule has 0 amide bonds. The lowest BCUT2D eigenvalue weighted by Crippen LogP contribution is -2.04. The van der Waals surface area contributed by atoms with E-state index in [9.17, 15) is 0 Å². The molecule has 0 aliphatic heterocycles. The van der Waals surface area contributed by atoms with E-state index in [-0.39, 0.29) is 0 Å². The molecule has 0 radical (unpaired) electrons. The Bertz CT molecular complexity index is 488. The van der Waals surface area contributed by atoms with Crippen LogP contribution in [0, 0.1) is 6.92 Å². The van der Waals surface area contributed by atoms with Crippen LogP contribution < -0.4 is 0 Å². The van der Waals surface area contributed by atoms with E-state index < -0.39 is 0 Å². The minimum atomic E-state index is 0.631. The van der Waals surface area contributed by atoms with E-state index in [0.29, 0.717) is 5.88 Å². The number of para-hydroxylation sites is 1. The second-order valence-corrected chi connectivity index (χ2v) is 4.44. The van der Waals surface area contributed by atoms with Crippen molar-refractivity contribution in [3.05, 3.63) is 29.6 Å². The van der Waals surface area contributed by atoms with Crippen LogP contribution in [0.4, 0.5) is 0 Å². The Kier molecular flexibility index (Phi) is 3.49. The number of aromatic nitrogens is 2. The average molecular weight is 237 g/mol. The predicted octanol–water partition coefficient (Wildman–Crippen LogP) is 3.54. The first kappa shape index (κ1) is 11.5. The van der Waals surface area contributed by atoms with Crippen molar-refractivity contribution in [3.8, 4) is 0 Å². The molecule has 0 aliphatic rings. The molecule has 2 rings (SSSR count). The zero-order chi connectivity index (χ0) is 11.5. The van der Waals surface area contributed by atoms with Crippen LogP contribution in [-0.2, 0) is 13.0 Å². The maximum Gasteiger partial charge on any atom is 0.111 e. The van der Waals surface area contributed by atoms with Gasteiger partial charge < -0.3 is 4.57 Å². The van der Waals surface area contributed by atoms with Crippen molar-refractivity contribution in [2.75, 3.05) is 5.88 Å². The molecule has 16 heavy (non-hydrogen) atoms. The van der Waals surface area contributed by atoms with Gasteiger partial charge >= 0.3 is 0 Å². The Morgan fingerprint density at radius 1 is 1.38 bits per heavy atom. The molecule has 86 valence electrons. The van der Waals surface area contributed by atoms with Crippen molar-refractivity contribution >= 4 is 22.6 Å². The quantitative estimate of drug-likeness (QED) is 0.743. The molecule has 1 heterocycles. The number of alkyl halides is 1. The van der Waals surface area contributed by atoms with Gasteiger partial charge in [-0.05, 0) is 25.0 Å². The summed E-state index contributed by atoms with van der Waals surface area (Å²) in [6.45, 7) is 5.35. The first-order chi connectivity index (χ1) is 7.77. The molecule has 0 bridgehead atoms. The van der Waals surface area contributed by atoms with Gasteiger partial charge in [-0.25, -0.2) is 4.98 Å². The van der Waals surface area contributed by atoms with Crippen LogP contribution in [0.3, 0.4) is 0 Å². The highest BCUT2D eigenvalue weighted by molar-refractivity contribution is 6.17. The van der Waals surface area contributed by atoms with Gasteiger partial charge in [0.25, 0.3) is 0 Å². The summed E-state index contributed by atoms with van der Waals surface area (Å²) in [5.74, 6) is 1.74. The zero-order valence-electron chi connectivity index (χ0n) is 9.83. The van der Waals surface area contributed by atoms with E-state index in [1.807, 2.05) is 0 Å². The van der Waals surface area contributed by atoms with E-state index >= 15 is 0 Å². The Morgan fingerprint density at radius 2 is 2.19 bits per heavy atom. The number of fused-ring (bicyclic) bond motifs is 1. The van der Waals surface area contributed by atoms with E-state index in [0.717, 1.165) is 30.7 Å². The van der Waals surface area contributed by atoms with Crippen LogP contribution in [0.5, 0.6) is 0 Å². The topological polar surface area (TPSA) is 17.8 Å². The molecule has 3 heteroatoms. The highest BCUT2D eigenvalue weighted by Crippen LogP contribution is 2.21. The first-order valence-corrected chi connectivity index (χ1v) is 6.32. The Morgan fingerprint density at radius 3 is 2.88 bits per heavy atom. The molecule has 0 N–H and O–H groups in total. The molecule has 1 aromatic heterocycles. The fraction of sp³-hybridized carbons (Fsp3) is 0.462. The summed E-state index contributed by atoms with van der Waals surface area (Å²) >= 11 is 5.82. The second-order valence-electron chi connectivity index (χ2n) is 4.06. The number of nitrogens with zero attached hydrogens (tertiary/aromatic N) is 2. The third-order valence-corrected chi connectivity index (χ3v) is 3.00. The van der Waals surface area contributed by atoms with Crippen LogP contribution in [0.15, 0.2) is 18.2 Å². The smallest absolute Gasteiger partial charge is 0.111 e. The number of imidazole rings is 1. The number of hydrogen-bond donors (Lipinski definition) is 0. The van der Waals surface area contributed by atoms with Crippen molar-refractivity contribution < 1.29 is 0 Å². The van der Waals surface area contributed by atoms with Gasteiger partial charge in [-0.15, -0.1) is 11.6 Å². The van der Waals surface area contributed by atoms with Crippen LogP contribution in [0.1, 0.15) is 24.7 Å². The summed E-state index contributed by atoms with van der Waals surface area (Å²) in [5.41, 5.74) is 3.65. The van der Waals surface area contributed by atoms with Crippen molar-refractivity contribution in [2.24, 2.45) is 0 Å². The average Bonchev–Trinajstić information content (AvgIpc) is 2.59. The summed E-state index contributed by atoms with van der Waals surface area (Å²) in [7, 11) is 0. The van der Waals surface area contributed by atoms with E-state index in [4.69, 9.17) is 11.6 Å². The van der Waals surface area contributed by atoms with Gasteiger partial charge in [0.15, 0.2) is 0 Å². The fourth-order valence-electron chi connectivity index (χ4n) is 2.15. The highest BCUT2D eigenvalue weighted by Gasteiger charge is 2.10. The molecule has 0 saturated carbocycles. The SMILES string of the molecule is CCCn1c(CCCl)nc2cccc(C)c21. The monoisotopic (exact) mass is 236 g/mol. The molecule has 0 atom stereocenters. The third-order valence-electron chi connectivity index (χ3n) is 2.81. The number of benzene rings is 1. The molecule has 0 fully saturated rings. The van der Waals surface area contributed by atoms with Crippen molar-refractivity contribution in [1.82, 2.24) is 9.55 Å². The summed E-state index contributed by atoms with van der Waals surface area (Å²) in [6.07, 6.45) is 1.96. The molecule has 2 aromatic rings. The summed E-state index contributed by atoms with van der Waals surface area (Å²) in [4.78, 5) is 4.66. The molecule has 2 nitrogen and oxygen atoms in total. The van der Waals surface area contributed by atoms with Crippen molar-refractivity contribution in [1.29, 1.82) is 0 Å². The standard InChI is InChI=1S/C13H17ClN2/c1-3-9-16-12(7-8-14)15-11-6-4-5-10(2)13(11)16/h4-6H,3,7-9H2,1-2H3. The van der Waals surface area contributed by atoms with E-state index in [1.165, 1.54) is 11.1 Å². The molecule has 0 unspecified atom stereocenters. The maximum absolute atomic E-state index is 5.82. The fourth-order valence-corrected chi connectivity index (χ4v) is 2.32. The van der Waals surface area contributed by atoms with Gasteiger partial charge in [0, 0.05) is 18.8 Å². The van der Waals surface area contributed by atoms with Crippen LogP contribution in [-0.4, -0.2) is 15.4 Å². The van der Waals surface area contributed by atoms with Crippen LogP contribution in [0.25, 0.3) is 11.0 Å². The van der Waals surface area contributed by atoms with Crippen molar-refractivity contribution in [3.63, 3.8) is 0 Å². The van der Waals surface area contributed by atoms with Gasteiger partial charge in [0.1, 0.15) is 5.82 Å². The first-order valence-electron chi connectivity index (χ1n) is 5.78. The number of rotatable bonds is 4. The minimum absolute atomic E-state index is 0.631.